The number of aromatic nitrogens is 1. The highest BCUT2D eigenvalue weighted by atomic mass is 35.5. The summed E-state index contributed by atoms with van der Waals surface area (Å²) in [4.78, 5) is 49.1. The molecule has 7 rings (SSSR count). The molecule has 3 aromatic carbocycles. The minimum atomic E-state index is -0.784. The first-order valence-corrected chi connectivity index (χ1v) is 16.2. The SMILES string of the molecule is CN(C(=O)NCc1ccc(Cl)c(Cl)c1)N1CC(=O)N2[C@@H](Cc3ccc4occc4c3)C(=O)N(Cc3cccc4sc(N)nc34)C[C@@H]21. The van der Waals surface area contributed by atoms with Crippen molar-refractivity contribution in [2.24, 2.45) is 0 Å². The second kappa shape index (κ2) is 12.1. The van der Waals surface area contributed by atoms with Crippen LogP contribution in [0.1, 0.15) is 16.7 Å². The number of piperazine rings is 1. The van der Waals surface area contributed by atoms with Gasteiger partial charge in [-0.3, -0.25) is 14.6 Å². The van der Waals surface area contributed by atoms with Crippen molar-refractivity contribution in [3.63, 3.8) is 0 Å². The van der Waals surface area contributed by atoms with Gasteiger partial charge < -0.3 is 25.3 Å². The Labute approximate surface area is 278 Å². The largest absolute Gasteiger partial charge is 0.464 e. The van der Waals surface area contributed by atoms with Crippen molar-refractivity contribution >= 4 is 78.7 Å². The number of nitrogen functional groups attached to an aromatic ring is 1. The van der Waals surface area contributed by atoms with Gasteiger partial charge in [0.05, 0.1) is 39.6 Å². The minimum Gasteiger partial charge on any atom is -0.464 e. The van der Waals surface area contributed by atoms with Crippen LogP contribution in [-0.2, 0) is 29.1 Å². The predicted octanol–water partition coefficient (Wildman–Crippen LogP) is 5.11. The molecule has 0 unspecified atom stereocenters. The highest BCUT2D eigenvalue weighted by Gasteiger charge is 2.51. The zero-order valence-corrected chi connectivity index (χ0v) is 27.0. The summed E-state index contributed by atoms with van der Waals surface area (Å²) in [5.41, 5.74) is 10.0. The van der Waals surface area contributed by atoms with E-state index in [-0.39, 0.29) is 38.0 Å². The molecule has 14 heteroatoms. The van der Waals surface area contributed by atoms with E-state index in [4.69, 9.17) is 33.4 Å². The van der Waals surface area contributed by atoms with Crippen molar-refractivity contribution in [1.82, 2.24) is 30.1 Å². The van der Waals surface area contributed by atoms with Gasteiger partial charge in [-0.2, -0.15) is 5.01 Å². The molecule has 0 spiro atoms. The first kappa shape index (κ1) is 30.3. The number of fused-ring (bicyclic) bond motifs is 3. The number of thiazole rings is 1. The number of anilines is 1. The van der Waals surface area contributed by atoms with Crippen LogP contribution in [0.3, 0.4) is 0 Å². The first-order valence-electron chi connectivity index (χ1n) is 14.6. The maximum Gasteiger partial charge on any atom is 0.332 e. The van der Waals surface area contributed by atoms with Gasteiger partial charge in [-0.1, -0.05) is 58.8 Å². The Morgan fingerprint density at radius 1 is 1.11 bits per heavy atom. The lowest BCUT2D eigenvalue weighted by Gasteiger charge is -2.45. The number of nitrogens with zero attached hydrogens (tertiary/aromatic N) is 5. The number of hydrogen-bond donors (Lipinski definition) is 2. The number of urea groups is 1. The number of halogens is 2. The van der Waals surface area contributed by atoms with Gasteiger partial charge in [0.2, 0.25) is 11.8 Å². The lowest BCUT2D eigenvalue weighted by atomic mass is 9.99. The van der Waals surface area contributed by atoms with Crippen LogP contribution in [0.25, 0.3) is 21.2 Å². The third-order valence-corrected chi connectivity index (χ3v) is 10.1. The van der Waals surface area contributed by atoms with Crippen molar-refractivity contribution in [3.05, 3.63) is 93.7 Å². The van der Waals surface area contributed by atoms with E-state index in [1.807, 2.05) is 42.5 Å². The van der Waals surface area contributed by atoms with E-state index in [2.05, 4.69) is 10.3 Å². The molecule has 0 radical (unpaired) electrons. The third-order valence-electron chi connectivity index (χ3n) is 8.50. The van der Waals surface area contributed by atoms with E-state index in [1.54, 1.807) is 46.3 Å². The molecule has 5 aromatic rings. The molecule has 4 amide bonds. The molecule has 0 saturated carbocycles. The van der Waals surface area contributed by atoms with Gasteiger partial charge in [0, 0.05) is 31.9 Å². The molecule has 0 aliphatic carbocycles. The van der Waals surface area contributed by atoms with Gasteiger partial charge in [0.15, 0.2) is 5.13 Å². The summed E-state index contributed by atoms with van der Waals surface area (Å²) in [6, 6.07) is 17.4. The van der Waals surface area contributed by atoms with E-state index in [9.17, 15) is 14.4 Å². The van der Waals surface area contributed by atoms with E-state index in [1.165, 1.54) is 16.3 Å². The van der Waals surface area contributed by atoms with E-state index in [0.717, 1.165) is 37.9 Å². The molecule has 0 bridgehead atoms. The lowest BCUT2D eigenvalue weighted by molar-refractivity contribution is -0.157. The van der Waals surface area contributed by atoms with Gasteiger partial charge in [0.25, 0.3) is 0 Å². The molecule has 4 heterocycles. The Balaban J connectivity index is 1.17. The molecule has 2 atom stereocenters. The van der Waals surface area contributed by atoms with Crippen molar-refractivity contribution in [2.75, 3.05) is 25.9 Å². The molecule has 46 heavy (non-hydrogen) atoms. The van der Waals surface area contributed by atoms with Crippen molar-refractivity contribution < 1.29 is 18.8 Å². The number of benzene rings is 3. The number of nitrogens with one attached hydrogen (secondary N) is 1. The number of furan rings is 1. The van der Waals surface area contributed by atoms with Gasteiger partial charge in [-0.15, -0.1) is 0 Å². The average molecular weight is 679 g/mol. The maximum absolute atomic E-state index is 14.2. The van der Waals surface area contributed by atoms with Crippen molar-refractivity contribution in [1.29, 1.82) is 0 Å². The molecule has 236 valence electrons. The molecule has 2 saturated heterocycles. The molecular weight excluding hydrogens is 649 g/mol. The Hall–Kier alpha value is -4.36. The second-order valence-electron chi connectivity index (χ2n) is 11.4. The summed E-state index contributed by atoms with van der Waals surface area (Å²) < 4.78 is 6.43. The van der Waals surface area contributed by atoms with Crippen LogP contribution in [0.5, 0.6) is 0 Å². The number of rotatable bonds is 7. The fourth-order valence-electron chi connectivity index (χ4n) is 6.23. The van der Waals surface area contributed by atoms with Crippen LogP contribution < -0.4 is 11.1 Å². The summed E-state index contributed by atoms with van der Waals surface area (Å²) >= 11 is 13.6. The van der Waals surface area contributed by atoms with Gasteiger partial charge in [0.1, 0.15) is 17.8 Å². The summed E-state index contributed by atoms with van der Waals surface area (Å²) in [5, 5.41) is 8.18. The fraction of sp³-hybridized carbons (Fsp3) is 0.250. The summed E-state index contributed by atoms with van der Waals surface area (Å²) in [7, 11) is 1.61. The Bertz CT molecular complexity index is 2000. The van der Waals surface area contributed by atoms with Crippen molar-refractivity contribution in [3.8, 4) is 0 Å². The molecule has 11 nitrogen and oxygen atoms in total. The van der Waals surface area contributed by atoms with Crippen LogP contribution in [0.15, 0.2) is 71.3 Å². The number of carbonyl (C=O) groups excluding carboxylic acids is 3. The van der Waals surface area contributed by atoms with E-state index >= 15 is 0 Å². The molecule has 2 aliphatic rings. The molecule has 2 aliphatic heterocycles. The highest BCUT2D eigenvalue weighted by Crippen LogP contribution is 2.33. The standard InChI is InChI=1S/C32H29Cl2N7O4S/c1-38(32(44)36-14-19-5-7-22(33)23(34)12-19)40-17-28(42)41-24(13-18-6-8-25-20(11-18)9-10-45-25)30(43)39(16-27(40)41)15-21-3-2-4-26-29(21)37-31(35)46-26/h2-12,24,27H,13-17H2,1H3,(H2,35,37)(H,36,44)/t24-,27+/m0/s1. The normalized spacial score (nSPS) is 18.5. The summed E-state index contributed by atoms with van der Waals surface area (Å²) in [5.74, 6) is -0.406. The van der Waals surface area contributed by atoms with Crippen LogP contribution in [0, 0.1) is 0 Å². The van der Waals surface area contributed by atoms with Crippen LogP contribution in [0.2, 0.25) is 10.0 Å². The minimum absolute atomic E-state index is 0.0576. The number of carbonyl (C=O) groups is 3. The predicted molar refractivity (Wildman–Crippen MR) is 177 cm³/mol. The van der Waals surface area contributed by atoms with Crippen LogP contribution in [-0.4, -0.2) is 75.0 Å². The number of nitrogens with two attached hydrogens (primary N) is 1. The zero-order valence-electron chi connectivity index (χ0n) is 24.7. The van der Waals surface area contributed by atoms with Gasteiger partial charge in [-0.05, 0) is 53.1 Å². The smallest absolute Gasteiger partial charge is 0.332 e. The lowest BCUT2D eigenvalue weighted by Crippen LogP contribution is -2.65. The molecular formula is C32H29Cl2N7O4S. The Morgan fingerprint density at radius 2 is 1.93 bits per heavy atom. The van der Waals surface area contributed by atoms with Crippen LogP contribution >= 0.6 is 34.5 Å². The quantitative estimate of drug-likeness (QED) is 0.245. The fourth-order valence-corrected chi connectivity index (χ4v) is 7.33. The Kier molecular flexibility index (Phi) is 7.97. The van der Waals surface area contributed by atoms with E-state index < -0.39 is 18.2 Å². The summed E-state index contributed by atoms with van der Waals surface area (Å²) in [6.45, 7) is 0.622. The maximum atomic E-state index is 14.2. The Morgan fingerprint density at radius 3 is 2.76 bits per heavy atom. The second-order valence-corrected chi connectivity index (χ2v) is 13.2. The van der Waals surface area contributed by atoms with Gasteiger partial charge >= 0.3 is 6.03 Å². The third kappa shape index (κ3) is 5.62. The number of amides is 4. The van der Waals surface area contributed by atoms with Crippen LogP contribution in [0.4, 0.5) is 9.93 Å². The molecule has 3 N–H and O–H groups in total. The number of hydrazine groups is 1. The van der Waals surface area contributed by atoms with Gasteiger partial charge in [-0.25, -0.2) is 9.78 Å². The van der Waals surface area contributed by atoms with Crippen molar-refractivity contribution in [2.45, 2.75) is 31.7 Å². The molecule has 2 fully saturated rings. The monoisotopic (exact) mass is 677 g/mol. The van der Waals surface area contributed by atoms with E-state index in [0.29, 0.717) is 21.6 Å². The first-order chi connectivity index (χ1) is 22.2. The number of para-hydroxylation sites is 1. The number of hydrogen-bond acceptors (Lipinski definition) is 8. The topological polar surface area (TPSA) is 128 Å². The molecule has 2 aromatic heterocycles. The average Bonchev–Trinajstić information content (AvgIpc) is 3.75. The zero-order chi connectivity index (χ0) is 32.1. The highest BCUT2D eigenvalue weighted by molar-refractivity contribution is 7.22. The summed E-state index contributed by atoms with van der Waals surface area (Å²) in [6.07, 6.45) is 1.34.